The number of aromatic nitrogens is 2. The fraction of sp³-hybridized carbons (Fsp3) is 0.278. The van der Waals surface area contributed by atoms with E-state index in [9.17, 15) is 14.0 Å². The highest BCUT2D eigenvalue weighted by molar-refractivity contribution is 7.17. The molecule has 0 aliphatic heterocycles. The molecule has 1 aliphatic carbocycles. The zero-order valence-electron chi connectivity index (χ0n) is 13.6. The monoisotopic (exact) mass is 357 g/mol. The Morgan fingerprint density at radius 1 is 1.32 bits per heavy atom. The first-order valence-electron chi connectivity index (χ1n) is 8.14. The highest BCUT2D eigenvalue weighted by Crippen LogP contribution is 2.28. The molecule has 25 heavy (non-hydrogen) atoms. The number of hydrogen-bond donors (Lipinski definition) is 1. The van der Waals surface area contributed by atoms with Crippen LogP contribution in [-0.4, -0.2) is 15.3 Å². The van der Waals surface area contributed by atoms with Gasteiger partial charge in [0.15, 0.2) is 4.96 Å². The van der Waals surface area contributed by atoms with Crippen molar-refractivity contribution in [2.45, 2.75) is 32.6 Å². The number of amides is 1. The summed E-state index contributed by atoms with van der Waals surface area (Å²) in [7, 11) is 0. The molecule has 0 unspecified atom stereocenters. The minimum atomic E-state index is -0.530. The van der Waals surface area contributed by atoms with Gasteiger partial charge in [0.1, 0.15) is 11.4 Å². The van der Waals surface area contributed by atoms with E-state index < -0.39 is 5.91 Å². The van der Waals surface area contributed by atoms with Crippen LogP contribution in [0.15, 0.2) is 29.2 Å². The number of hydrogen-bond acceptors (Lipinski definition) is 4. The van der Waals surface area contributed by atoms with Gasteiger partial charge in [-0.3, -0.25) is 14.0 Å². The van der Waals surface area contributed by atoms with Crippen molar-refractivity contribution in [3.63, 3.8) is 0 Å². The molecule has 0 saturated heterocycles. The lowest BCUT2D eigenvalue weighted by atomic mass is 10.0. The second-order valence-corrected chi connectivity index (χ2v) is 7.25. The van der Waals surface area contributed by atoms with E-state index in [2.05, 4.69) is 10.3 Å². The van der Waals surface area contributed by atoms with Crippen LogP contribution >= 0.6 is 11.3 Å². The molecule has 1 aliphatic rings. The first kappa shape index (κ1) is 16.0. The van der Waals surface area contributed by atoms with Gasteiger partial charge in [-0.1, -0.05) is 0 Å². The highest BCUT2D eigenvalue weighted by Gasteiger charge is 2.21. The second-order valence-electron chi connectivity index (χ2n) is 6.19. The quantitative estimate of drug-likeness (QED) is 0.765. The van der Waals surface area contributed by atoms with Crippen LogP contribution in [-0.2, 0) is 12.8 Å². The van der Waals surface area contributed by atoms with Crippen molar-refractivity contribution < 1.29 is 9.18 Å². The normalized spacial score (nSPS) is 13.7. The first-order chi connectivity index (χ1) is 12.0. The molecule has 0 bridgehead atoms. The molecule has 1 aromatic carbocycles. The molecule has 128 valence electrons. The number of carbonyl (C=O) groups is 1. The van der Waals surface area contributed by atoms with Gasteiger partial charge in [-0.15, -0.1) is 11.3 Å². The van der Waals surface area contributed by atoms with Gasteiger partial charge in [0.2, 0.25) is 0 Å². The summed E-state index contributed by atoms with van der Waals surface area (Å²) >= 11 is 1.52. The lowest BCUT2D eigenvalue weighted by molar-refractivity contribution is 0.102. The zero-order valence-corrected chi connectivity index (χ0v) is 14.5. The van der Waals surface area contributed by atoms with Crippen LogP contribution in [0, 0.1) is 12.7 Å². The van der Waals surface area contributed by atoms with Crippen LogP contribution in [0.5, 0.6) is 0 Å². The van der Waals surface area contributed by atoms with Crippen molar-refractivity contribution in [3.8, 4) is 0 Å². The summed E-state index contributed by atoms with van der Waals surface area (Å²) < 4.78 is 14.8. The maximum atomic E-state index is 13.2. The maximum absolute atomic E-state index is 13.2. The fourth-order valence-electron chi connectivity index (χ4n) is 3.18. The summed E-state index contributed by atoms with van der Waals surface area (Å²) in [4.78, 5) is 31.5. The number of fused-ring (bicyclic) bond motifs is 3. The van der Waals surface area contributed by atoms with Crippen LogP contribution < -0.4 is 10.9 Å². The minimum Gasteiger partial charge on any atom is -0.322 e. The van der Waals surface area contributed by atoms with Crippen LogP contribution in [0.2, 0.25) is 0 Å². The van der Waals surface area contributed by atoms with E-state index in [0.29, 0.717) is 16.2 Å². The van der Waals surface area contributed by atoms with Crippen LogP contribution in [0.25, 0.3) is 4.96 Å². The van der Waals surface area contributed by atoms with Gasteiger partial charge >= 0.3 is 0 Å². The van der Waals surface area contributed by atoms with Crippen molar-refractivity contribution in [1.82, 2.24) is 9.38 Å². The largest absolute Gasteiger partial charge is 0.322 e. The predicted octanol–water partition coefficient (Wildman–Crippen LogP) is 3.33. The molecule has 0 fully saturated rings. The van der Waals surface area contributed by atoms with Crippen LogP contribution in [0.3, 0.4) is 0 Å². The number of thiazole rings is 1. The van der Waals surface area contributed by atoms with E-state index in [0.717, 1.165) is 31.4 Å². The Kier molecular flexibility index (Phi) is 3.88. The number of aryl methyl sites for hydroxylation is 3. The first-order valence-corrected chi connectivity index (χ1v) is 8.96. The van der Waals surface area contributed by atoms with E-state index in [-0.39, 0.29) is 16.9 Å². The number of nitrogens with one attached hydrogen (secondary N) is 1. The second kappa shape index (κ2) is 6.07. The lowest BCUT2D eigenvalue weighted by Gasteiger charge is -2.11. The summed E-state index contributed by atoms with van der Waals surface area (Å²) in [6.07, 6.45) is 5.27. The third kappa shape index (κ3) is 2.74. The van der Waals surface area contributed by atoms with Crippen LogP contribution in [0.4, 0.5) is 10.1 Å². The number of nitrogens with zero attached hydrogens (tertiary/aromatic N) is 2. The van der Waals surface area contributed by atoms with Gasteiger partial charge in [0, 0.05) is 22.5 Å². The van der Waals surface area contributed by atoms with E-state index in [1.165, 1.54) is 40.6 Å². The Hall–Kier alpha value is -2.54. The third-order valence-electron chi connectivity index (χ3n) is 4.48. The Morgan fingerprint density at radius 2 is 2.12 bits per heavy atom. The molecule has 0 saturated carbocycles. The molecule has 2 heterocycles. The molecule has 0 radical (unpaired) electrons. The van der Waals surface area contributed by atoms with Gasteiger partial charge in [-0.25, -0.2) is 9.37 Å². The van der Waals surface area contributed by atoms with Gasteiger partial charge in [0.25, 0.3) is 11.5 Å². The highest BCUT2D eigenvalue weighted by atomic mass is 32.1. The lowest BCUT2D eigenvalue weighted by Crippen LogP contribution is -2.27. The topological polar surface area (TPSA) is 63.5 Å². The Bertz CT molecular complexity index is 1050. The average Bonchev–Trinajstić information content (AvgIpc) is 2.97. The minimum absolute atomic E-state index is 0.00704. The molecule has 0 atom stereocenters. The van der Waals surface area contributed by atoms with Gasteiger partial charge < -0.3 is 5.32 Å². The molecule has 2 aromatic heterocycles. The third-order valence-corrected chi connectivity index (χ3v) is 5.64. The molecule has 0 spiro atoms. The molecule has 1 amide bonds. The zero-order chi connectivity index (χ0) is 17.6. The van der Waals surface area contributed by atoms with Crippen molar-refractivity contribution >= 4 is 27.9 Å². The van der Waals surface area contributed by atoms with E-state index >= 15 is 0 Å². The molecule has 4 rings (SSSR count). The fourth-order valence-corrected chi connectivity index (χ4v) is 4.35. The standard InChI is InChI=1S/C18H16FN3O2S/c1-10-8-11(19)6-7-13(10)21-16(23)12-9-20-18-22(17(12)24)14-4-2-3-5-15(14)25-18/h6-9H,2-5H2,1H3,(H,21,23). The van der Waals surface area contributed by atoms with E-state index in [4.69, 9.17) is 0 Å². The number of benzene rings is 1. The summed E-state index contributed by atoms with van der Waals surface area (Å²) in [6, 6.07) is 4.09. The summed E-state index contributed by atoms with van der Waals surface area (Å²) in [5.41, 5.74) is 1.70. The Morgan fingerprint density at radius 3 is 2.92 bits per heavy atom. The maximum Gasteiger partial charge on any atom is 0.271 e. The molecule has 1 N–H and O–H groups in total. The van der Waals surface area contributed by atoms with Crippen molar-refractivity contribution in [3.05, 3.63) is 62.3 Å². The number of anilines is 1. The molecule has 5 nitrogen and oxygen atoms in total. The summed E-state index contributed by atoms with van der Waals surface area (Å²) in [6.45, 7) is 1.70. The van der Waals surface area contributed by atoms with E-state index in [1.54, 1.807) is 11.3 Å². The van der Waals surface area contributed by atoms with Crippen molar-refractivity contribution in [2.75, 3.05) is 5.32 Å². The number of halogens is 1. The van der Waals surface area contributed by atoms with Gasteiger partial charge in [0.05, 0.1) is 0 Å². The molecule has 7 heteroatoms. The SMILES string of the molecule is Cc1cc(F)ccc1NC(=O)c1cnc2sc3c(n2c1=O)CCCC3. The smallest absolute Gasteiger partial charge is 0.271 e. The summed E-state index contributed by atoms with van der Waals surface area (Å²) in [5.74, 6) is -0.902. The predicted molar refractivity (Wildman–Crippen MR) is 95.1 cm³/mol. The van der Waals surface area contributed by atoms with Crippen molar-refractivity contribution in [1.29, 1.82) is 0 Å². The molecule has 3 aromatic rings. The number of carbonyl (C=O) groups excluding carboxylic acids is 1. The van der Waals surface area contributed by atoms with Crippen LogP contribution in [0.1, 0.15) is 39.3 Å². The molecular weight excluding hydrogens is 341 g/mol. The van der Waals surface area contributed by atoms with Gasteiger partial charge in [-0.05, 0) is 56.4 Å². The number of rotatable bonds is 2. The van der Waals surface area contributed by atoms with Gasteiger partial charge in [-0.2, -0.15) is 0 Å². The Labute approximate surface area is 147 Å². The molecular formula is C18H16FN3O2S. The average molecular weight is 357 g/mol. The van der Waals surface area contributed by atoms with E-state index in [1.807, 2.05) is 0 Å². The summed E-state index contributed by atoms with van der Waals surface area (Å²) in [5, 5.41) is 2.68. The van der Waals surface area contributed by atoms with Crippen molar-refractivity contribution in [2.24, 2.45) is 0 Å². The Balaban J connectivity index is 1.75.